The standard InChI is InChI=1S/C13H17ClN2OS/c1-2-9-8-17-7-6-16(9)11-5-3-4-10(14)12(11)13(15)18/h3-5,9H,2,6-8H2,1H3,(H2,15,18). The minimum absolute atomic E-state index is 0.344. The lowest BCUT2D eigenvalue weighted by molar-refractivity contribution is 0.0930. The zero-order valence-electron chi connectivity index (χ0n) is 10.4. The number of ether oxygens (including phenoxy) is 1. The number of morpholine rings is 1. The zero-order valence-corrected chi connectivity index (χ0v) is 11.9. The van der Waals surface area contributed by atoms with Crippen molar-refractivity contribution < 1.29 is 4.74 Å². The Morgan fingerprint density at radius 3 is 3.06 bits per heavy atom. The minimum atomic E-state index is 0.344. The summed E-state index contributed by atoms with van der Waals surface area (Å²) in [5.41, 5.74) is 7.59. The van der Waals surface area contributed by atoms with Gasteiger partial charge in [0.05, 0.1) is 29.8 Å². The number of nitrogens with zero attached hydrogens (tertiary/aromatic N) is 1. The van der Waals surface area contributed by atoms with E-state index in [4.69, 9.17) is 34.3 Å². The Morgan fingerprint density at radius 1 is 1.61 bits per heavy atom. The summed E-state index contributed by atoms with van der Waals surface area (Å²) in [6.07, 6.45) is 1.02. The summed E-state index contributed by atoms with van der Waals surface area (Å²) >= 11 is 11.3. The quantitative estimate of drug-likeness (QED) is 0.866. The lowest BCUT2D eigenvalue weighted by atomic mass is 10.1. The van der Waals surface area contributed by atoms with Crippen LogP contribution < -0.4 is 10.6 Å². The van der Waals surface area contributed by atoms with Crippen LogP contribution in [-0.2, 0) is 4.74 Å². The van der Waals surface area contributed by atoms with Gasteiger partial charge in [-0.25, -0.2) is 0 Å². The average molecular weight is 285 g/mol. The molecule has 1 aliphatic heterocycles. The summed E-state index contributed by atoms with van der Waals surface area (Å²) in [5, 5.41) is 0.612. The van der Waals surface area contributed by atoms with Crippen molar-refractivity contribution in [2.45, 2.75) is 19.4 Å². The number of benzene rings is 1. The van der Waals surface area contributed by atoms with Gasteiger partial charge in [-0.2, -0.15) is 0 Å². The summed E-state index contributed by atoms with van der Waals surface area (Å²) in [5.74, 6) is 0. The van der Waals surface area contributed by atoms with Crippen LogP contribution in [0.15, 0.2) is 18.2 Å². The SMILES string of the molecule is CCC1COCCN1c1cccc(Cl)c1C(N)=S. The Hall–Kier alpha value is -0.840. The van der Waals surface area contributed by atoms with Crippen molar-refractivity contribution in [1.29, 1.82) is 0 Å². The van der Waals surface area contributed by atoms with Gasteiger partial charge in [-0.1, -0.05) is 36.8 Å². The van der Waals surface area contributed by atoms with E-state index in [1.165, 1.54) is 0 Å². The monoisotopic (exact) mass is 284 g/mol. The molecule has 0 bridgehead atoms. The highest BCUT2D eigenvalue weighted by Crippen LogP contribution is 2.30. The molecule has 3 nitrogen and oxygen atoms in total. The highest BCUT2D eigenvalue weighted by Gasteiger charge is 2.25. The summed E-state index contributed by atoms with van der Waals surface area (Å²) in [6, 6.07) is 6.13. The van der Waals surface area contributed by atoms with Crippen molar-refractivity contribution in [2.24, 2.45) is 5.73 Å². The molecule has 0 amide bonds. The number of thiocarbonyl (C=S) groups is 1. The van der Waals surface area contributed by atoms with E-state index in [1.54, 1.807) is 0 Å². The molecule has 0 aliphatic carbocycles. The van der Waals surface area contributed by atoms with Crippen LogP contribution in [-0.4, -0.2) is 30.8 Å². The van der Waals surface area contributed by atoms with E-state index in [9.17, 15) is 0 Å². The van der Waals surface area contributed by atoms with Crippen LogP contribution >= 0.6 is 23.8 Å². The zero-order chi connectivity index (χ0) is 13.1. The van der Waals surface area contributed by atoms with Crippen LogP contribution in [0.2, 0.25) is 5.02 Å². The lowest BCUT2D eigenvalue weighted by Gasteiger charge is -2.38. The van der Waals surface area contributed by atoms with Crippen LogP contribution in [0.5, 0.6) is 0 Å². The Labute approximate surface area is 118 Å². The fraction of sp³-hybridized carbons (Fsp3) is 0.462. The Balaban J connectivity index is 2.42. The molecule has 1 aliphatic rings. The molecule has 0 radical (unpaired) electrons. The number of hydrogen-bond acceptors (Lipinski definition) is 3. The maximum absolute atomic E-state index is 6.21. The molecule has 1 atom stereocenters. The summed E-state index contributed by atoms with van der Waals surface area (Å²) in [7, 11) is 0. The van der Waals surface area contributed by atoms with Gasteiger partial charge in [0.1, 0.15) is 4.99 Å². The lowest BCUT2D eigenvalue weighted by Crippen LogP contribution is -2.46. The second-order valence-corrected chi connectivity index (χ2v) is 5.18. The Bertz CT molecular complexity index is 453. The van der Waals surface area contributed by atoms with Crippen LogP contribution in [0, 0.1) is 0 Å². The molecule has 18 heavy (non-hydrogen) atoms. The first-order chi connectivity index (χ1) is 8.65. The first-order valence-electron chi connectivity index (χ1n) is 6.07. The van der Waals surface area contributed by atoms with E-state index in [2.05, 4.69) is 11.8 Å². The van der Waals surface area contributed by atoms with Gasteiger partial charge in [-0.3, -0.25) is 0 Å². The Morgan fingerprint density at radius 2 is 2.39 bits per heavy atom. The minimum Gasteiger partial charge on any atom is -0.389 e. The number of rotatable bonds is 3. The van der Waals surface area contributed by atoms with Gasteiger partial charge < -0.3 is 15.4 Å². The third kappa shape index (κ3) is 2.60. The van der Waals surface area contributed by atoms with Crippen LogP contribution in [0.25, 0.3) is 0 Å². The molecule has 1 heterocycles. The molecular formula is C13H17ClN2OS. The van der Waals surface area contributed by atoms with Crippen LogP contribution in [0.1, 0.15) is 18.9 Å². The van der Waals surface area contributed by atoms with Crippen molar-refractivity contribution in [1.82, 2.24) is 0 Å². The van der Waals surface area contributed by atoms with Gasteiger partial charge in [-0.05, 0) is 18.6 Å². The molecule has 1 fully saturated rings. The molecule has 5 heteroatoms. The predicted octanol–water partition coefficient (Wildman–Crippen LogP) is 2.59. The van der Waals surface area contributed by atoms with Gasteiger partial charge in [0.25, 0.3) is 0 Å². The third-order valence-corrected chi connectivity index (χ3v) is 3.77. The van der Waals surface area contributed by atoms with E-state index >= 15 is 0 Å². The number of halogens is 1. The molecule has 1 saturated heterocycles. The first kappa shape index (κ1) is 13.6. The molecule has 0 saturated carbocycles. The highest BCUT2D eigenvalue weighted by atomic mass is 35.5. The maximum Gasteiger partial charge on any atom is 0.107 e. The summed E-state index contributed by atoms with van der Waals surface area (Å²) in [6.45, 7) is 4.45. The third-order valence-electron chi connectivity index (χ3n) is 3.25. The highest BCUT2D eigenvalue weighted by molar-refractivity contribution is 7.80. The average Bonchev–Trinajstić information content (AvgIpc) is 2.38. The van der Waals surface area contributed by atoms with E-state index in [0.29, 0.717) is 16.1 Å². The number of nitrogens with two attached hydrogens (primary N) is 1. The van der Waals surface area contributed by atoms with E-state index < -0.39 is 0 Å². The molecule has 0 spiro atoms. The molecule has 98 valence electrons. The topological polar surface area (TPSA) is 38.5 Å². The van der Waals surface area contributed by atoms with Gasteiger partial charge in [-0.15, -0.1) is 0 Å². The van der Waals surface area contributed by atoms with Gasteiger partial charge in [0.15, 0.2) is 0 Å². The van der Waals surface area contributed by atoms with Crippen LogP contribution in [0.3, 0.4) is 0 Å². The molecular weight excluding hydrogens is 268 g/mol. The summed E-state index contributed by atoms with van der Waals surface area (Å²) in [4.78, 5) is 2.64. The van der Waals surface area contributed by atoms with Crippen molar-refractivity contribution in [3.63, 3.8) is 0 Å². The van der Waals surface area contributed by atoms with Crippen molar-refractivity contribution in [2.75, 3.05) is 24.7 Å². The van der Waals surface area contributed by atoms with Gasteiger partial charge in [0, 0.05) is 12.2 Å². The van der Waals surface area contributed by atoms with Crippen LogP contribution in [0.4, 0.5) is 5.69 Å². The second kappa shape index (κ2) is 5.87. The molecule has 1 aromatic carbocycles. The number of anilines is 1. The molecule has 1 unspecified atom stereocenters. The second-order valence-electron chi connectivity index (χ2n) is 4.33. The molecule has 2 N–H and O–H groups in total. The summed E-state index contributed by atoms with van der Waals surface area (Å²) < 4.78 is 5.52. The Kier molecular flexibility index (Phi) is 4.43. The largest absolute Gasteiger partial charge is 0.389 e. The van der Waals surface area contributed by atoms with E-state index in [-0.39, 0.29) is 0 Å². The van der Waals surface area contributed by atoms with E-state index in [0.717, 1.165) is 37.4 Å². The fourth-order valence-corrected chi connectivity index (χ4v) is 2.85. The normalized spacial score (nSPS) is 19.9. The van der Waals surface area contributed by atoms with Crippen molar-refractivity contribution in [3.8, 4) is 0 Å². The van der Waals surface area contributed by atoms with E-state index in [1.807, 2.05) is 18.2 Å². The fourth-order valence-electron chi connectivity index (χ4n) is 2.31. The first-order valence-corrected chi connectivity index (χ1v) is 6.86. The smallest absolute Gasteiger partial charge is 0.107 e. The molecule has 1 aromatic rings. The predicted molar refractivity (Wildman–Crippen MR) is 79.6 cm³/mol. The molecule has 2 rings (SSSR count). The van der Waals surface area contributed by atoms with Crippen molar-refractivity contribution >= 4 is 34.5 Å². The van der Waals surface area contributed by atoms with Gasteiger partial charge >= 0.3 is 0 Å². The maximum atomic E-state index is 6.21. The molecule has 0 aromatic heterocycles. The number of hydrogen-bond donors (Lipinski definition) is 1. The van der Waals surface area contributed by atoms with Gasteiger partial charge in [0.2, 0.25) is 0 Å². The van der Waals surface area contributed by atoms with Crippen molar-refractivity contribution in [3.05, 3.63) is 28.8 Å².